The molecular weight excluding hydrogens is 259 g/mol. The van der Waals surface area contributed by atoms with Gasteiger partial charge in [0.25, 0.3) is 0 Å². The minimum absolute atomic E-state index is 0.144. The third-order valence-electron chi connectivity index (χ3n) is 2.38. The highest BCUT2D eigenvalue weighted by Crippen LogP contribution is 2.31. The van der Waals surface area contributed by atoms with Gasteiger partial charge in [-0.1, -0.05) is 47.5 Å². The van der Waals surface area contributed by atoms with Crippen molar-refractivity contribution in [2.75, 3.05) is 0 Å². The van der Waals surface area contributed by atoms with E-state index in [4.69, 9.17) is 28.3 Å². The lowest BCUT2D eigenvalue weighted by Gasteiger charge is -2.08. The number of halogens is 2. The van der Waals surface area contributed by atoms with Crippen LogP contribution >= 0.6 is 23.2 Å². The summed E-state index contributed by atoms with van der Waals surface area (Å²) < 4.78 is 0. The molecule has 0 amide bonds. The largest absolute Gasteiger partial charge is 0.478 e. The summed E-state index contributed by atoms with van der Waals surface area (Å²) in [5, 5.41) is 10.0. The molecule has 0 unspecified atom stereocenters. The lowest BCUT2D eigenvalue weighted by molar-refractivity contribution is 0.0697. The topological polar surface area (TPSA) is 37.3 Å². The molecule has 2 aromatic rings. The first-order chi connectivity index (χ1) is 8.09. The zero-order valence-electron chi connectivity index (χ0n) is 8.65. The highest BCUT2D eigenvalue weighted by atomic mass is 35.5. The van der Waals surface area contributed by atoms with Gasteiger partial charge >= 0.3 is 5.97 Å². The van der Waals surface area contributed by atoms with Gasteiger partial charge in [0.05, 0.1) is 5.56 Å². The number of benzene rings is 2. The molecule has 0 saturated carbocycles. The Morgan fingerprint density at radius 2 is 1.71 bits per heavy atom. The molecule has 2 rings (SSSR count). The summed E-state index contributed by atoms with van der Waals surface area (Å²) in [7, 11) is 0. The number of carbonyl (C=O) groups is 1. The molecule has 0 aliphatic rings. The normalized spacial score (nSPS) is 10.2. The van der Waals surface area contributed by atoms with E-state index in [-0.39, 0.29) is 5.56 Å². The van der Waals surface area contributed by atoms with Gasteiger partial charge in [-0.3, -0.25) is 0 Å². The molecule has 0 heterocycles. The Morgan fingerprint density at radius 1 is 1.00 bits per heavy atom. The Kier molecular flexibility index (Phi) is 3.36. The molecule has 86 valence electrons. The van der Waals surface area contributed by atoms with Crippen molar-refractivity contribution >= 4 is 29.2 Å². The molecule has 2 aromatic carbocycles. The van der Waals surface area contributed by atoms with E-state index in [1.807, 2.05) is 0 Å². The lowest BCUT2D eigenvalue weighted by atomic mass is 10.00. The maximum atomic E-state index is 11.2. The number of carboxylic acid groups (broad SMARTS) is 1. The second-order valence-corrected chi connectivity index (χ2v) is 4.32. The van der Waals surface area contributed by atoms with Gasteiger partial charge in [-0.25, -0.2) is 4.79 Å². The number of rotatable bonds is 2. The Balaban J connectivity index is 2.68. The predicted octanol–water partition coefficient (Wildman–Crippen LogP) is 4.36. The molecule has 0 aliphatic carbocycles. The average molecular weight is 267 g/mol. The highest BCUT2D eigenvalue weighted by molar-refractivity contribution is 6.34. The predicted molar refractivity (Wildman–Crippen MR) is 68.9 cm³/mol. The van der Waals surface area contributed by atoms with Crippen LogP contribution in [0.3, 0.4) is 0 Å². The van der Waals surface area contributed by atoms with Crippen molar-refractivity contribution < 1.29 is 9.90 Å². The van der Waals surface area contributed by atoms with Crippen LogP contribution in [0.4, 0.5) is 0 Å². The van der Waals surface area contributed by atoms with E-state index < -0.39 is 5.97 Å². The van der Waals surface area contributed by atoms with Crippen molar-refractivity contribution in [2.24, 2.45) is 0 Å². The quantitative estimate of drug-likeness (QED) is 0.877. The fourth-order valence-electron chi connectivity index (χ4n) is 1.61. The molecule has 17 heavy (non-hydrogen) atoms. The van der Waals surface area contributed by atoms with Crippen molar-refractivity contribution in [3.05, 3.63) is 58.1 Å². The summed E-state index contributed by atoms with van der Waals surface area (Å²) in [5.74, 6) is -1.03. The zero-order valence-corrected chi connectivity index (χ0v) is 10.2. The van der Waals surface area contributed by atoms with Gasteiger partial charge in [-0.15, -0.1) is 0 Å². The molecule has 0 radical (unpaired) electrons. The maximum Gasteiger partial charge on any atom is 0.336 e. The van der Waals surface area contributed by atoms with Crippen LogP contribution in [-0.4, -0.2) is 11.1 Å². The van der Waals surface area contributed by atoms with Crippen LogP contribution in [0.15, 0.2) is 42.5 Å². The van der Waals surface area contributed by atoms with E-state index in [2.05, 4.69) is 0 Å². The molecule has 0 atom stereocenters. The van der Waals surface area contributed by atoms with Gasteiger partial charge in [0.1, 0.15) is 0 Å². The van der Waals surface area contributed by atoms with Crippen LogP contribution in [-0.2, 0) is 0 Å². The van der Waals surface area contributed by atoms with E-state index in [0.29, 0.717) is 21.2 Å². The van der Waals surface area contributed by atoms with E-state index in [0.717, 1.165) is 0 Å². The summed E-state index contributed by atoms with van der Waals surface area (Å²) in [6, 6.07) is 11.8. The van der Waals surface area contributed by atoms with Crippen molar-refractivity contribution in [2.45, 2.75) is 0 Å². The summed E-state index contributed by atoms with van der Waals surface area (Å²) in [4.78, 5) is 11.2. The molecular formula is C13H8Cl2O2. The van der Waals surface area contributed by atoms with Crippen LogP contribution in [0.25, 0.3) is 11.1 Å². The van der Waals surface area contributed by atoms with Crippen molar-refractivity contribution in [3.8, 4) is 11.1 Å². The monoisotopic (exact) mass is 266 g/mol. The molecule has 0 aliphatic heterocycles. The van der Waals surface area contributed by atoms with Gasteiger partial charge in [-0.05, 0) is 23.8 Å². The minimum atomic E-state index is -1.03. The highest BCUT2D eigenvalue weighted by Gasteiger charge is 2.13. The summed E-state index contributed by atoms with van der Waals surface area (Å²) in [6.45, 7) is 0. The van der Waals surface area contributed by atoms with Crippen LogP contribution < -0.4 is 0 Å². The van der Waals surface area contributed by atoms with E-state index >= 15 is 0 Å². The summed E-state index contributed by atoms with van der Waals surface area (Å²) in [6.07, 6.45) is 0. The molecule has 4 heteroatoms. The molecule has 0 bridgehead atoms. The molecule has 0 spiro atoms. The van der Waals surface area contributed by atoms with Crippen LogP contribution in [0.2, 0.25) is 10.0 Å². The summed E-state index contributed by atoms with van der Waals surface area (Å²) >= 11 is 11.8. The Hall–Kier alpha value is -1.51. The third-order valence-corrected chi connectivity index (χ3v) is 2.94. The second kappa shape index (κ2) is 4.78. The number of hydrogen-bond donors (Lipinski definition) is 1. The zero-order chi connectivity index (χ0) is 12.4. The number of hydrogen-bond acceptors (Lipinski definition) is 1. The second-order valence-electron chi connectivity index (χ2n) is 3.47. The molecule has 0 saturated heterocycles. The first-order valence-corrected chi connectivity index (χ1v) is 5.63. The number of aromatic carboxylic acids is 1. The first-order valence-electron chi connectivity index (χ1n) is 4.87. The van der Waals surface area contributed by atoms with Gasteiger partial charge in [0.2, 0.25) is 0 Å². The van der Waals surface area contributed by atoms with Crippen molar-refractivity contribution in [1.29, 1.82) is 0 Å². The third kappa shape index (κ3) is 2.43. The fraction of sp³-hybridized carbons (Fsp3) is 0. The first kappa shape index (κ1) is 12.0. The Labute approximate surface area is 108 Å². The van der Waals surface area contributed by atoms with Crippen molar-refractivity contribution in [1.82, 2.24) is 0 Å². The molecule has 0 aromatic heterocycles. The fourth-order valence-corrected chi connectivity index (χ4v) is 2.02. The Bertz CT molecular complexity index is 579. The standard InChI is InChI=1S/C13H8Cl2O2/c14-8-5-6-9(11(7-8)13(16)17)10-3-1-2-4-12(10)15/h1-7H,(H,16,17). The van der Waals surface area contributed by atoms with Crippen LogP contribution in [0.1, 0.15) is 10.4 Å². The van der Waals surface area contributed by atoms with E-state index in [1.54, 1.807) is 36.4 Å². The van der Waals surface area contributed by atoms with Gasteiger partial charge in [0, 0.05) is 15.6 Å². The van der Waals surface area contributed by atoms with Crippen LogP contribution in [0, 0.1) is 0 Å². The van der Waals surface area contributed by atoms with E-state index in [9.17, 15) is 4.79 Å². The van der Waals surface area contributed by atoms with Gasteiger partial charge in [-0.2, -0.15) is 0 Å². The van der Waals surface area contributed by atoms with Gasteiger partial charge in [0.15, 0.2) is 0 Å². The molecule has 1 N–H and O–H groups in total. The molecule has 2 nitrogen and oxygen atoms in total. The molecule has 0 fully saturated rings. The Morgan fingerprint density at radius 3 is 2.35 bits per heavy atom. The average Bonchev–Trinajstić information content (AvgIpc) is 2.30. The maximum absolute atomic E-state index is 11.2. The van der Waals surface area contributed by atoms with E-state index in [1.165, 1.54) is 6.07 Å². The minimum Gasteiger partial charge on any atom is -0.478 e. The van der Waals surface area contributed by atoms with Gasteiger partial charge < -0.3 is 5.11 Å². The van der Waals surface area contributed by atoms with Crippen LogP contribution in [0.5, 0.6) is 0 Å². The summed E-state index contributed by atoms with van der Waals surface area (Å²) in [5.41, 5.74) is 1.39. The van der Waals surface area contributed by atoms with Crippen molar-refractivity contribution in [3.63, 3.8) is 0 Å². The smallest absolute Gasteiger partial charge is 0.336 e. The SMILES string of the molecule is O=C(O)c1cc(Cl)ccc1-c1ccccc1Cl. The lowest BCUT2D eigenvalue weighted by Crippen LogP contribution is -1.99. The number of carboxylic acids is 1.